The standard InChI is InChI=1S/C34H47F2N3O4/c1-33(2,3)28-23-38(30(25-10-8-7-9-11-25)26-12-14-27(15-13-26)42-31(35)36)20-21-39(28)29(40)22-24-16-18-37(19-17-24)32(41)43-34(4,5)6/h7-15,24,28,30-31H,16-23H2,1-6H3/t28-,30?/m1/s1. The molecule has 2 aliphatic heterocycles. The lowest BCUT2D eigenvalue weighted by molar-refractivity contribution is -0.141. The third-order valence-corrected chi connectivity index (χ3v) is 8.36. The highest BCUT2D eigenvalue weighted by Gasteiger charge is 2.41. The summed E-state index contributed by atoms with van der Waals surface area (Å²) in [6.45, 7) is 12.4. The van der Waals surface area contributed by atoms with Crippen molar-refractivity contribution in [2.75, 3.05) is 32.7 Å². The molecule has 4 rings (SSSR count). The van der Waals surface area contributed by atoms with Crippen LogP contribution in [-0.4, -0.2) is 77.7 Å². The maximum atomic E-state index is 13.8. The highest BCUT2D eigenvalue weighted by molar-refractivity contribution is 5.77. The Kier molecular flexibility index (Phi) is 10.4. The van der Waals surface area contributed by atoms with Gasteiger partial charge in [0.15, 0.2) is 0 Å². The zero-order valence-electron chi connectivity index (χ0n) is 26.4. The van der Waals surface area contributed by atoms with E-state index in [1.165, 1.54) is 0 Å². The lowest BCUT2D eigenvalue weighted by Crippen LogP contribution is -2.60. The minimum atomic E-state index is -2.87. The molecule has 43 heavy (non-hydrogen) atoms. The highest BCUT2D eigenvalue weighted by Crippen LogP contribution is 2.36. The van der Waals surface area contributed by atoms with Gasteiger partial charge < -0.3 is 19.3 Å². The average Bonchev–Trinajstić information content (AvgIpc) is 2.93. The van der Waals surface area contributed by atoms with Gasteiger partial charge in [0.1, 0.15) is 11.4 Å². The van der Waals surface area contributed by atoms with Gasteiger partial charge in [-0.2, -0.15) is 8.78 Å². The molecule has 0 aliphatic carbocycles. The zero-order chi connectivity index (χ0) is 31.4. The van der Waals surface area contributed by atoms with Crippen LogP contribution in [0.15, 0.2) is 54.6 Å². The number of rotatable bonds is 7. The molecule has 2 amide bonds. The number of carbonyl (C=O) groups is 2. The molecule has 236 valence electrons. The van der Waals surface area contributed by atoms with Gasteiger partial charge in [-0.15, -0.1) is 0 Å². The van der Waals surface area contributed by atoms with Gasteiger partial charge in [-0.05, 0) is 68.2 Å². The Morgan fingerprint density at radius 3 is 2.02 bits per heavy atom. The molecular formula is C34H47F2N3O4. The van der Waals surface area contributed by atoms with Crippen LogP contribution >= 0.6 is 0 Å². The number of ether oxygens (including phenoxy) is 2. The Morgan fingerprint density at radius 1 is 0.860 bits per heavy atom. The predicted octanol–water partition coefficient (Wildman–Crippen LogP) is 6.97. The number of alkyl halides is 2. The first-order chi connectivity index (χ1) is 20.2. The van der Waals surface area contributed by atoms with Crippen molar-refractivity contribution < 1.29 is 27.8 Å². The second-order valence-electron chi connectivity index (χ2n) is 13.8. The molecule has 0 N–H and O–H groups in total. The van der Waals surface area contributed by atoms with Gasteiger partial charge in [0, 0.05) is 45.2 Å². The lowest BCUT2D eigenvalue weighted by Gasteiger charge is -2.50. The molecule has 9 heteroatoms. The normalized spacial score (nSPS) is 19.8. The van der Waals surface area contributed by atoms with Crippen LogP contribution in [0.4, 0.5) is 13.6 Å². The number of likely N-dealkylation sites (tertiary alicyclic amines) is 1. The second kappa shape index (κ2) is 13.6. The maximum absolute atomic E-state index is 13.8. The van der Waals surface area contributed by atoms with Crippen molar-refractivity contribution in [1.29, 1.82) is 0 Å². The summed E-state index contributed by atoms with van der Waals surface area (Å²) in [5.74, 6) is 0.529. The van der Waals surface area contributed by atoms with Crippen molar-refractivity contribution in [3.05, 3.63) is 65.7 Å². The number of amides is 2. The van der Waals surface area contributed by atoms with Gasteiger partial charge in [0.25, 0.3) is 0 Å². The molecule has 1 unspecified atom stereocenters. The largest absolute Gasteiger partial charge is 0.444 e. The Labute approximate surface area is 255 Å². The van der Waals surface area contributed by atoms with Crippen LogP contribution in [0.5, 0.6) is 5.75 Å². The van der Waals surface area contributed by atoms with Crippen LogP contribution in [0.2, 0.25) is 0 Å². The van der Waals surface area contributed by atoms with Crippen LogP contribution in [0.25, 0.3) is 0 Å². The molecule has 2 atom stereocenters. The molecular weight excluding hydrogens is 552 g/mol. The number of benzene rings is 2. The minimum Gasteiger partial charge on any atom is -0.444 e. The van der Waals surface area contributed by atoms with Crippen LogP contribution in [0, 0.1) is 11.3 Å². The van der Waals surface area contributed by atoms with E-state index in [2.05, 4.69) is 47.4 Å². The van der Waals surface area contributed by atoms with E-state index in [1.807, 2.05) is 51.1 Å². The van der Waals surface area contributed by atoms with Crippen molar-refractivity contribution >= 4 is 12.0 Å². The van der Waals surface area contributed by atoms with Crippen molar-refractivity contribution in [2.24, 2.45) is 11.3 Å². The molecule has 2 heterocycles. The van der Waals surface area contributed by atoms with Gasteiger partial charge in [-0.3, -0.25) is 9.69 Å². The summed E-state index contributed by atoms with van der Waals surface area (Å²) >= 11 is 0. The van der Waals surface area contributed by atoms with E-state index in [9.17, 15) is 18.4 Å². The van der Waals surface area contributed by atoms with E-state index < -0.39 is 12.2 Å². The van der Waals surface area contributed by atoms with Crippen LogP contribution in [0.1, 0.15) is 78.0 Å². The molecule has 2 aliphatic rings. The van der Waals surface area contributed by atoms with E-state index in [1.54, 1.807) is 17.0 Å². The van der Waals surface area contributed by atoms with Crippen LogP contribution in [0.3, 0.4) is 0 Å². The molecule has 0 radical (unpaired) electrons. The molecule has 2 saturated heterocycles. The Bertz CT molecular complexity index is 1200. The summed E-state index contributed by atoms with van der Waals surface area (Å²) in [4.78, 5) is 32.5. The third kappa shape index (κ3) is 8.91. The van der Waals surface area contributed by atoms with Gasteiger partial charge in [0.05, 0.1) is 6.04 Å². The van der Waals surface area contributed by atoms with Crippen molar-refractivity contribution in [2.45, 2.75) is 85.1 Å². The summed E-state index contributed by atoms with van der Waals surface area (Å²) < 4.78 is 35.6. The van der Waals surface area contributed by atoms with Crippen molar-refractivity contribution in [3.63, 3.8) is 0 Å². The summed E-state index contributed by atoms with van der Waals surface area (Å²) in [6, 6.07) is 16.9. The summed E-state index contributed by atoms with van der Waals surface area (Å²) in [6.07, 6.45) is 1.76. The topological polar surface area (TPSA) is 62.3 Å². The molecule has 0 aromatic heterocycles. The number of halogens is 2. The number of hydrogen-bond acceptors (Lipinski definition) is 5. The molecule has 0 spiro atoms. The fraction of sp³-hybridized carbons (Fsp3) is 0.588. The average molecular weight is 600 g/mol. The van der Waals surface area contributed by atoms with Crippen LogP contribution in [-0.2, 0) is 9.53 Å². The van der Waals surface area contributed by atoms with Gasteiger partial charge in [-0.25, -0.2) is 4.79 Å². The highest BCUT2D eigenvalue weighted by atomic mass is 19.3. The van der Waals surface area contributed by atoms with Crippen molar-refractivity contribution in [1.82, 2.24) is 14.7 Å². The quantitative estimate of drug-likeness (QED) is 0.344. The van der Waals surface area contributed by atoms with Gasteiger partial charge >= 0.3 is 12.7 Å². The first kappa shape index (κ1) is 32.7. The first-order valence-corrected chi connectivity index (χ1v) is 15.3. The third-order valence-electron chi connectivity index (χ3n) is 8.36. The molecule has 0 bridgehead atoms. The first-order valence-electron chi connectivity index (χ1n) is 15.3. The van der Waals surface area contributed by atoms with Crippen molar-refractivity contribution in [3.8, 4) is 5.75 Å². The predicted molar refractivity (Wildman–Crippen MR) is 163 cm³/mol. The lowest BCUT2D eigenvalue weighted by atomic mass is 9.82. The molecule has 2 aromatic carbocycles. The molecule has 7 nitrogen and oxygen atoms in total. The summed E-state index contributed by atoms with van der Waals surface area (Å²) in [5, 5.41) is 0. The molecule has 2 fully saturated rings. The van der Waals surface area contributed by atoms with E-state index >= 15 is 0 Å². The van der Waals surface area contributed by atoms with E-state index in [0.29, 0.717) is 39.1 Å². The van der Waals surface area contributed by atoms with Crippen LogP contribution < -0.4 is 4.74 Å². The van der Waals surface area contributed by atoms with Gasteiger partial charge in [-0.1, -0.05) is 63.2 Å². The zero-order valence-corrected chi connectivity index (χ0v) is 26.4. The molecule has 0 saturated carbocycles. The fourth-order valence-electron chi connectivity index (χ4n) is 6.17. The maximum Gasteiger partial charge on any atom is 0.410 e. The molecule has 2 aromatic rings. The minimum absolute atomic E-state index is 0.0109. The monoisotopic (exact) mass is 599 g/mol. The van der Waals surface area contributed by atoms with Gasteiger partial charge in [0.2, 0.25) is 5.91 Å². The Balaban J connectivity index is 1.46. The number of piperazine rings is 1. The second-order valence-corrected chi connectivity index (χ2v) is 13.8. The van der Waals surface area contributed by atoms with E-state index in [-0.39, 0.29) is 41.2 Å². The Hall–Kier alpha value is -3.20. The smallest absolute Gasteiger partial charge is 0.410 e. The fourth-order valence-corrected chi connectivity index (χ4v) is 6.17. The number of piperidine rings is 1. The number of hydrogen-bond donors (Lipinski definition) is 0. The Morgan fingerprint density at radius 2 is 1.47 bits per heavy atom. The number of carbonyl (C=O) groups excluding carboxylic acids is 2. The SMILES string of the molecule is CC(C)(C)OC(=O)N1CCC(CC(=O)N2CCN(C(c3ccccc3)c3ccc(OC(F)F)cc3)C[C@@H]2C(C)(C)C)CC1. The van der Waals surface area contributed by atoms with E-state index in [0.717, 1.165) is 24.0 Å². The van der Waals surface area contributed by atoms with E-state index in [4.69, 9.17) is 4.74 Å². The number of nitrogens with zero attached hydrogens (tertiary/aromatic N) is 3. The summed E-state index contributed by atoms with van der Waals surface area (Å²) in [7, 11) is 0. The summed E-state index contributed by atoms with van der Waals surface area (Å²) in [5.41, 5.74) is 1.40.